The summed E-state index contributed by atoms with van der Waals surface area (Å²) in [6.45, 7) is 5.03. The van der Waals surface area contributed by atoms with Crippen LogP contribution in [0.3, 0.4) is 0 Å². The molecule has 0 saturated carbocycles. The molecule has 17 heavy (non-hydrogen) atoms. The monoisotopic (exact) mass is 238 g/mol. The van der Waals surface area contributed by atoms with Gasteiger partial charge >= 0.3 is 0 Å². The lowest BCUT2D eigenvalue weighted by Crippen LogP contribution is -2.47. The molecule has 0 radical (unpaired) electrons. The highest BCUT2D eigenvalue weighted by molar-refractivity contribution is 5.84. The molecule has 4 nitrogen and oxygen atoms in total. The number of nitrogens with zero attached hydrogens (tertiary/aromatic N) is 2. The van der Waals surface area contributed by atoms with E-state index in [4.69, 9.17) is 0 Å². The minimum absolute atomic E-state index is 0.200. The van der Waals surface area contributed by atoms with E-state index in [2.05, 4.69) is 11.8 Å². The van der Waals surface area contributed by atoms with Gasteiger partial charge in [0.25, 0.3) is 0 Å². The number of likely N-dealkylation sites (tertiary alicyclic amines) is 2. The van der Waals surface area contributed by atoms with Crippen molar-refractivity contribution < 1.29 is 9.59 Å². The average Bonchev–Trinajstić information content (AvgIpc) is 2.33. The zero-order valence-corrected chi connectivity index (χ0v) is 10.7. The van der Waals surface area contributed by atoms with Gasteiger partial charge in [-0.3, -0.25) is 14.5 Å². The number of carbonyl (C=O) groups excluding carboxylic acids is 2. The molecule has 4 heteroatoms. The van der Waals surface area contributed by atoms with Crippen molar-refractivity contribution in [3.63, 3.8) is 0 Å². The molecule has 0 aromatic rings. The van der Waals surface area contributed by atoms with Gasteiger partial charge < -0.3 is 4.90 Å². The smallest absolute Gasteiger partial charge is 0.236 e. The van der Waals surface area contributed by atoms with Crippen molar-refractivity contribution in [1.82, 2.24) is 9.80 Å². The summed E-state index contributed by atoms with van der Waals surface area (Å²) < 4.78 is 0. The summed E-state index contributed by atoms with van der Waals surface area (Å²) in [6, 6.07) is 0.527. The molecule has 0 N–H and O–H groups in total. The molecular weight excluding hydrogens is 216 g/mol. The fourth-order valence-corrected chi connectivity index (χ4v) is 2.67. The first kappa shape index (κ1) is 12.6. The molecule has 0 aliphatic carbocycles. The molecule has 2 saturated heterocycles. The molecule has 1 unspecified atom stereocenters. The fourth-order valence-electron chi connectivity index (χ4n) is 2.67. The van der Waals surface area contributed by atoms with Crippen LogP contribution in [0.15, 0.2) is 0 Å². The Morgan fingerprint density at radius 2 is 1.94 bits per heavy atom. The number of hydrogen-bond donors (Lipinski definition) is 0. The summed E-state index contributed by atoms with van der Waals surface area (Å²) >= 11 is 0. The van der Waals surface area contributed by atoms with E-state index in [9.17, 15) is 9.59 Å². The van der Waals surface area contributed by atoms with E-state index >= 15 is 0 Å². The molecule has 2 heterocycles. The van der Waals surface area contributed by atoms with E-state index in [1.165, 1.54) is 19.3 Å². The standard InChI is InChI=1S/C13H22N2O2/c1-11-4-2-3-7-15(11)10-13(17)14-8-5-12(16)6-9-14/h11H,2-10H2,1H3. The second kappa shape index (κ2) is 5.63. The van der Waals surface area contributed by atoms with Crippen LogP contribution in [0.5, 0.6) is 0 Å². The Kier molecular flexibility index (Phi) is 4.15. The summed E-state index contributed by atoms with van der Waals surface area (Å²) in [5, 5.41) is 0. The zero-order chi connectivity index (χ0) is 12.3. The quantitative estimate of drug-likeness (QED) is 0.722. The van der Waals surface area contributed by atoms with Crippen molar-refractivity contribution in [2.45, 2.75) is 45.1 Å². The van der Waals surface area contributed by atoms with Crippen molar-refractivity contribution in [2.75, 3.05) is 26.2 Å². The Balaban J connectivity index is 1.81. The molecule has 96 valence electrons. The van der Waals surface area contributed by atoms with Crippen molar-refractivity contribution >= 4 is 11.7 Å². The Morgan fingerprint density at radius 3 is 2.59 bits per heavy atom. The van der Waals surface area contributed by atoms with Gasteiger partial charge in [0.1, 0.15) is 5.78 Å². The van der Waals surface area contributed by atoms with Crippen LogP contribution in [0.4, 0.5) is 0 Å². The van der Waals surface area contributed by atoms with Gasteiger partial charge in [0.2, 0.25) is 5.91 Å². The van der Waals surface area contributed by atoms with Crippen LogP contribution in [0.1, 0.15) is 39.0 Å². The lowest BCUT2D eigenvalue weighted by molar-refractivity contribution is -0.136. The molecule has 2 fully saturated rings. The molecule has 0 bridgehead atoms. The van der Waals surface area contributed by atoms with Crippen LogP contribution in [-0.2, 0) is 9.59 Å². The van der Waals surface area contributed by atoms with E-state index in [1.807, 2.05) is 4.90 Å². The van der Waals surface area contributed by atoms with Gasteiger partial charge in [-0.05, 0) is 26.3 Å². The number of rotatable bonds is 2. The van der Waals surface area contributed by atoms with Crippen LogP contribution in [0.25, 0.3) is 0 Å². The summed E-state index contributed by atoms with van der Waals surface area (Å²) in [4.78, 5) is 27.3. The van der Waals surface area contributed by atoms with Crippen LogP contribution < -0.4 is 0 Å². The van der Waals surface area contributed by atoms with Gasteiger partial charge in [-0.25, -0.2) is 0 Å². The molecule has 0 aromatic carbocycles. The lowest BCUT2D eigenvalue weighted by Gasteiger charge is -2.35. The van der Waals surface area contributed by atoms with Gasteiger partial charge in [0.15, 0.2) is 0 Å². The highest BCUT2D eigenvalue weighted by atomic mass is 16.2. The maximum absolute atomic E-state index is 12.1. The maximum atomic E-state index is 12.1. The number of Topliss-reactive ketones (excluding diaryl/α,β-unsaturated/α-hetero) is 1. The Hall–Kier alpha value is -0.900. The SMILES string of the molecule is CC1CCCCN1CC(=O)N1CCC(=O)CC1. The topological polar surface area (TPSA) is 40.6 Å². The number of ketones is 1. The largest absolute Gasteiger partial charge is 0.341 e. The van der Waals surface area contributed by atoms with Crippen LogP contribution in [0.2, 0.25) is 0 Å². The third-order valence-electron chi connectivity index (χ3n) is 3.95. The van der Waals surface area contributed by atoms with Crippen LogP contribution in [-0.4, -0.2) is 53.7 Å². The average molecular weight is 238 g/mol. The van der Waals surface area contributed by atoms with Crippen molar-refractivity contribution in [1.29, 1.82) is 0 Å². The molecule has 2 aliphatic rings. The fraction of sp³-hybridized carbons (Fsp3) is 0.846. The first-order valence-electron chi connectivity index (χ1n) is 6.70. The van der Waals surface area contributed by atoms with Crippen LogP contribution >= 0.6 is 0 Å². The van der Waals surface area contributed by atoms with Gasteiger partial charge in [-0.1, -0.05) is 6.42 Å². The first-order valence-corrected chi connectivity index (χ1v) is 6.70. The first-order chi connectivity index (χ1) is 8.16. The van der Waals surface area contributed by atoms with Crippen molar-refractivity contribution in [2.24, 2.45) is 0 Å². The molecule has 0 aromatic heterocycles. The number of hydrogen-bond acceptors (Lipinski definition) is 3. The number of amides is 1. The summed E-state index contributed by atoms with van der Waals surface area (Å²) in [5.41, 5.74) is 0. The zero-order valence-electron chi connectivity index (χ0n) is 10.7. The third kappa shape index (κ3) is 3.28. The van der Waals surface area contributed by atoms with Crippen LogP contribution in [0, 0.1) is 0 Å². The predicted octanol–water partition coefficient (Wildman–Crippen LogP) is 1.05. The minimum atomic E-state index is 0.200. The molecule has 1 amide bonds. The van der Waals surface area contributed by atoms with Crippen molar-refractivity contribution in [3.8, 4) is 0 Å². The highest BCUT2D eigenvalue weighted by Crippen LogP contribution is 2.16. The van der Waals surface area contributed by atoms with E-state index in [-0.39, 0.29) is 5.91 Å². The second-order valence-electron chi connectivity index (χ2n) is 5.23. The molecule has 1 atom stereocenters. The van der Waals surface area contributed by atoms with Gasteiger partial charge in [-0.2, -0.15) is 0 Å². The highest BCUT2D eigenvalue weighted by Gasteiger charge is 2.25. The Bertz CT molecular complexity index is 294. The maximum Gasteiger partial charge on any atom is 0.236 e. The number of carbonyl (C=O) groups is 2. The Labute approximate surface area is 103 Å². The van der Waals surface area contributed by atoms with Crippen molar-refractivity contribution in [3.05, 3.63) is 0 Å². The minimum Gasteiger partial charge on any atom is -0.341 e. The Morgan fingerprint density at radius 1 is 1.24 bits per heavy atom. The normalized spacial score (nSPS) is 27.2. The predicted molar refractivity (Wildman–Crippen MR) is 65.7 cm³/mol. The lowest BCUT2D eigenvalue weighted by atomic mass is 10.0. The number of piperidine rings is 2. The van der Waals surface area contributed by atoms with Gasteiger partial charge in [-0.15, -0.1) is 0 Å². The second-order valence-corrected chi connectivity index (χ2v) is 5.23. The summed E-state index contributed by atoms with van der Waals surface area (Å²) in [6.07, 6.45) is 4.77. The molecular formula is C13H22N2O2. The summed E-state index contributed by atoms with van der Waals surface area (Å²) in [7, 11) is 0. The van der Waals surface area contributed by atoms with Gasteiger partial charge in [0, 0.05) is 32.0 Å². The van der Waals surface area contributed by atoms with Gasteiger partial charge in [0.05, 0.1) is 6.54 Å². The summed E-state index contributed by atoms with van der Waals surface area (Å²) in [5.74, 6) is 0.492. The third-order valence-corrected chi connectivity index (χ3v) is 3.95. The molecule has 2 rings (SSSR count). The van der Waals surface area contributed by atoms with E-state index < -0.39 is 0 Å². The van der Waals surface area contributed by atoms with E-state index in [1.54, 1.807) is 0 Å². The van der Waals surface area contributed by atoms with E-state index in [0.717, 1.165) is 6.54 Å². The van der Waals surface area contributed by atoms with E-state index in [0.29, 0.717) is 44.3 Å². The molecule has 2 aliphatic heterocycles. The molecule has 0 spiro atoms.